The number of ether oxygens (including phenoxy) is 4. The first-order valence-electron chi connectivity index (χ1n) is 17.1. The van der Waals surface area contributed by atoms with Gasteiger partial charge in [0, 0.05) is 26.9 Å². The monoisotopic (exact) mass is 758 g/mol. The molecule has 298 valence electrons. The second kappa shape index (κ2) is 19.6. The van der Waals surface area contributed by atoms with Crippen molar-refractivity contribution in [3.63, 3.8) is 0 Å². The predicted molar refractivity (Wildman–Crippen MR) is 189 cm³/mol. The van der Waals surface area contributed by atoms with Crippen LogP contribution in [0.5, 0.6) is 0 Å². The van der Waals surface area contributed by atoms with E-state index in [1.54, 1.807) is 53.7 Å². The number of hydrogen-bond donors (Lipinski definition) is 0. The SMILES string of the molecule is C=C/C=C\C(C)OC(=O)[C@@H](C)OC(=O)[C@H](CC(C)C)N(C)C(=O)[C@@H](Cc1ccc(C(F)(F)F)cc1)OC(=O)[C@H](CC(C)(C)F)N(C)C(=O)OC(C)(C)C. The van der Waals surface area contributed by atoms with Crippen LogP contribution in [-0.4, -0.2) is 95.5 Å². The molecule has 11 nitrogen and oxygen atoms in total. The average molecular weight is 759 g/mol. The third-order valence-corrected chi connectivity index (χ3v) is 7.56. The summed E-state index contributed by atoms with van der Waals surface area (Å²) in [5.74, 6) is -4.21. The quantitative estimate of drug-likeness (QED) is 0.0713. The number of halogens is 4. The van der Waals surface area contributed by atoms with Crippen molar-refractivity contribution in [1.82, 2.24) is 9.80 Å². The van der Waals surface area contributed by atoms with Crippen molar-refractivity contribution < 1.29 is 60.5 Å². The molecule has 0 heterocycles. The lowest BCUT2D eigenvalue weighted by molar-refractivity contribution is -0.175. The number of benzene rings is 1. The first kappa shape index (κ1) is 46.6. The van der Waals surface area contributed by atoms with Gasteiger partial charge in [0.25, 0.3) is 5.91 Å². The van der Waals surface area contributed by atoms with Gasteiger partial charge in [-0.2, -0.15) is 13.2 Å². The summed E-state index contributed by atoms with van der Waals surface area (Å²) in [7, 11) is 2.44. The molecule has 0 spiro atoms. The van der Waals surface area contributed by atoms with Crippen LogP contribution in [0.3, 0.4) is 0 Å². The van der Waals surface area contributed by atoms with E-state index in [0.29, 0.717) is 0 Å². The van der Waals surface area contributed by atoms with Crippen molar-refractivity contribution in [2.24, 2.45) is 5.92 Å². The highest BCUT2D eigenvalue weighted by Crippen LogP contribution is 2.30. The van der Waals surface area contributed by atoms with Gasteiger partial charge in [0.15, 0.2) is 12.2 Å². The fourth-order valence-corrected chi connectivity index (χ4v) is 4.84. The van der Waals surface area contributed by atoms with Crippen LogP contribution < -0.4 is 0 Å². The predicted octanol–water partition coefficient (Wildman–Crippen LogP) is 7.01. The van der Waals surface area contributed by atoms with Gasteiger partial charge in [0.2, 0.25) is 0 Å². The van der Waals surface area contributed by atoms with Crippen LogP contribution in [0.15, 0.2) is 49.1 Å². The maximum absolute atomic E-state index is 15.0. The van der Waals surface area contributed by atoms with Crippen LogP contribution in [0.25, 0.3) is 0 Å². The Balaban J connectivity index is 3.57. The Hall–Kier alpha value is -4.43. The molecule has 0 aromatic heterocycles. The molecular weight excluding hydrogens is 704 g/mol. The molecule has 1 unspecified atom stereocenters. The summed E-state index contributed by atoms with van der Waals surface area (Å²) in [6, 6.07) is 0.857. The topological polar surface area (TPSA) is 129 Å². The number of hydrogen-bond acceptors (Lipinski definition) is 9. The standard InChI is InChI=1S/C38H54F4N2O9/c1-13-14-15-24(4)50-32(46)25(5)51-33(47)28(20-23(2)3)43(11)31(45)30(21-26-16-18-27(19-17-26)38(40,41)42)52-34(48)29(22-37(9,10)39)44(12)35(49)53-36(6,7)8/h13-19,23-25,28-30H,1,20-22H2,2-12H3/b15-14-/t24?,25-,28+,29+,30-/m1/s1. The zero-order valence-corrected chi connectivity index (χ0v) is 32.4. The second-order valence-electron chi connectivity index (χ2n) is 14.8. The fraction of sp³-hybridized carbons (Fsp3) is 0.605. The van der Waals surface area contributed by atoms with Crippen LogP contribution in [0.4, 0.5) is 22.4 Å². The van der Waals surface area contributed by atoms with Crippen molar-refractivity contribution in [1.29, 1.82) is 0 Å². The summed E-state index contributed by atoms with van der Waals surface area (Å²) in [6.07, 6.45) is -5.85. The first-order valence-corrected chi connectivity index (χ1v) is 17.1. The molecule has 0 aliphatic rings. The summed E-state index contributed by atoms with van der Waals surface area (Å²) >= 11 is 0. The van der Waals surface area contributed by atoms with E-state index in [1.807, 2.05) is 0 Å². The van der Waals surface area contributed by atoms with Gasteiger partial charge in [-0.15, -0.1) is 0 Å². The Morgan fingerprint density at radius 3 is 1.81 bits per heavy atom. The molecule has 1 rings (SSSR count). The Morgan fingerprint density at radius 2 is 1.34 bits per heavy atom. The highest BCUT2D eigenvalue weighted by molar-refractivity contribution is 5.90. The van der Waals surface area contributed by atoms with Crippen LogP contribution in [0, 0.1) is 5.92 Å². The summed E-state index contributed by atoms with van der Waals surface area (Å²) in [6.45, 7) is 17.1. The number of rotatable bonds is 17. The molecule has 0 bridgehead atoms. The number of allylic oxidation sites excluding steroid dienone is 2. The lowest BCUT2D eigenvalue weighted by atomic mass is 9.99. The maximum atomic E-state index is 15.0. The Kier molecular flexibility index (Phi) is 17.2. The van der Waals surface area contributed by atoms with Crippen LogP contribution in [0.2, 0.25) is 0 Å². The number of carbonyl (C=O) groups excluding carboxylic acids is 5. The molecule has 0 saturated heterocycles. The van der Waals surface area contributed by atoms with E-state index < -0.39 is 96.2 Å². The molecule has 0 aliphatic heterocycles. The molecule has 53 heavy (non-hydrogen) atoms. The summed E-state index contributed by atoms with van der Waals surface area (Å²) < 4.78 is 76.6. The summed E-state index contributed by atoms with van der Waals surface area (Å²) in [5, 5.41) is 0. The molecule has 0 saturated carbocycles. The lowest BCUT2D eigenvalue weighted by Gasteiger charge is -2.34. The Labute approximate surface area is 309 Å². The third-order valence-electron chi connectivity index (χ3n) is 7.56. The smallest absolute Gasteiger partial charge is 0.416 e. The molecule has 0 N–H and O–H groups in total. The maximum Gasteiger partial charge on any atom is 0.416 e. The number of amides is 2. The van der Waals surface area contributed by atoms with Gasteiger partial charge in [-0.25, -0.2) is 23.6 Å². The zero-order valence-electron chi connectivity index (χ0n) is 32.4. The molecule has 15 heteroatoms. The van der Waals surface area contributed by atoms with E-state index in [-0.39, 0.29) is 17.9 Å². The van der Waals surface area contributed by atoms with Gasteiger partial charge in [0.05, 0.1) is 5.56 Å². The van der Waals surface area contributed by atoms with Gasteiger partial charge in [-0.05, 0) is 84.6 Å². The van der Waals surface area contributed by atoms with Crippen molar-refractivity contribution >= 4 is 29.9 Å². The molecule has 1 aromatic rings. The normalized spacial score (nSPS) is 15.1. The Morgan fingerprint density at radius 1 is 0.792 bits per heavy atom. The first-order chi connectivity index (χ1) is 24.2. The van der Waals surface area contributed by atoms with Gasteiger partial charge >= 0.3 is 30.2 Å². The van der Waals surface area contributed by atoms with Gasteiger partial charge in [-0.1, -0.05) is 44.7 Å². The van der Waals surface area contributed by atoms with Gasteiger partial charge in [0.1, 0.15) is 29.5 Å². The summed E-state index contributed by atoms with van der Waals surface area (Å²) in [4.78, 5) is 68.9. The minimum atomic E-state index is -4.65. The second-order valence-corrected chi connectivity index (χ2v) is 14.8. The van der Waals surface area contributed by atoms with Crippen LogP contribution in [0.1, 0.15) is 86.3 Å². The van der Waals surface area contributed by atoms with E-state index in [0.717, 1.165) is 34.1 Å². The van der Waals surface area contributed by atoms with Crippen molar-refractivity contribution in [3.8, 4) is 0 Å². The molecule has 2 amide bonds. The van der Waals surface area contributed by atoms with Crippen molar-refractivity contribution in [3.05, 3.63) is 60.2 Å². The third kappa shape index (κ3) is 16.4. The number of esters is 3. The van der Waals surface area contributed by atoms with Gasteiger partial charge < -0.3 is 23.8 Å². The molecule has 1 aromatic carbocycles. The number of nitrogens with zero attached hydrogens (tertiary/aromatic N) is 2. The van der Waals surface area contributed by atoms with Gasteiger partial charge in [-0.3, -0.25) is 9.69 Å². The number of likely N-dealkylation sites (N-methyl/N-ethyl adjacent to an activating group) is 2. The minimum absolute atomic E-state index is 0.0301. The highest BCUT2D eigenvalue weighted by atomic mass is 19.4. The molecule has 0 aliphatic carbocycles. The molecular formula is C38H54F4N2O9. The van der Waals surface area contributed by atoms with Crippen molar-refractivity contribution in [2.75, 3.05) is 14.1 Å². The average Bonchev–Trinajstić information content (AvgIpc) is 3.02. The summed E-state index contributed by atoms with van der Waals surface area (Å²) in [5.41, 5.74) is -3.81. The fourth-order valence-electron chi connectivity index (χ4n) is 4.84. The number of carbonyl (C=O) groups is 5. The van der Waals surface area contributed by atoms with Crippen LogP contribution in [-0.2, 0) is 50.7 Å². The van der Waals surface area contributed by atoms with Crippen molar-refractivity contribution in [2.45, 2.75) is 129 Å². The molecule has 5 atom stereocenters. The van der Waals surface area contributed by atoms with E-state index in [2.05, 4.69) is 6.58 Å². The van der Waals surface area contributed by atoms with E-state index in [4.69, 9.17) is 18.9 Å². The van der Waals surface area contributed by atoms with E-state index >= 15 is 4.39 Å². The lowest BCUT2D eigenvalue weighted by Crippen LogP contribution is -2.52. The van der Waals surface area contributed by atoms with E-state index in [9.17, 15) is 37.1 Å². The molecule has 0 fully saturated rings. The minimum Gasteiger partial charge on any atom is -0.456 e. The highest BCUT2D eigenvalue weighted by Gasteiger charge is 2.41. The Bertz CT molecular complexity index is 1450. The molecule has 0 radical (unpaired) electrons. The number of alkyl halides is 4. The zero-order chi connectivity index (χ0) is 41.1. The van der Waals surface area contributed by atoms with Crippen LogP contribution >= 0.6 is 0 Å². The van der Waals surface area contributed by atoms with E-state index in [1.165, 1.54) is 40.9 Å². The largest absolute Gasteiger partial charge is 0.456 e.